The summed E-state index contributed by atoms with van der Waals surface area (Å²) < 4.78 is 1.73. The lowest BCUT2D eigenvalue weighted by atomic mass is 10.2. The zero-order valence-electron chi connectivity index (χ0n) is 14.8. The molecule has 9 heteroatoms. The van der Waals surface area contributed by atoms with Crippen molar-refractivity contribution in [1.29, 1.82) is 0 Å². The van der Waals surface area contributed by atoms with Gasteiger partial charge in [-0.2, -0.15) is 5.10 Å². The lowest BCUT2D eigenvalue weighted by Gasteiger charge is -2.10. The maximum absolute atomic E-state index is 4.56. The average Bonchev–Trinajstić information content (AvgIpc) is 3.27. The number of benzene rings is 1. The number of guanidine groups is 1. The van der Waals surface area contributed by atoms with Gasteiger partial charge in [0.05, 0.1) is 18.4 Å². The van der Waals surface area contributed by atoms with Gasteiger partial charge in [0.2, 0.25) is 0 Å². The molecule has 2 heterocycles. The fraction of sp³-hybridized carbons (Fsp3) is 0.294. The summed E-state index contributed by atoms with van der Waals surface area (Å²) in [6, 6.07) is 10.1. The molecule has 0 radical (unpaired) electrons. The van der Waals surface area contributed by atoms with E-state index in [0.29, 0.717) is 19.0 Å². The number of H-pyrrole nitrogens is 1. The number of nitrogens with zero attached hydrogens (tertiary/aromatic N) is 5. The number of nitrogens with one attached hydrogen (secondary N) is 3. The van der Waals surface area contributed by atoms with Crippen LogP contribution in [0.4, 0.5) is 0 Å². The largest absolute Gasteiger partial charge is 0.357 e. The van der Waals surface area contributed by atoms with Crippen molar-refractivity contribution in [1.82, 2.24) is 35.4 Å². The second kappa shape index (κ2) is 9.90. The van der Waals surface area contributed by atoms with Crippen LogP contribution < -0.4 is 10.6 Å². The van der Waals surface area contributed by atoms with Crippen LogP contribution in [0.3, 0.4) is 0 Å². The fourth-order valence-corrected chi connectivity index (χ4v) is 2.35. The lowest BCUT2D eigenvalue weighted by molar-refractivity contribution is 0.672. The minimum Gasteiger partial charge on any atom is -0.357 e. The van der Waals surface area contributed by atoms with E-state index in [0.717, 1.165) is 29.5 Å². The Morgan fingerprint density at radius 1 is 1.19 bits per heavy atom. The molecule has 0 saturated carbocycles. The van der Waals surface area contributed by atoms with Crippen LogP contribution in [0.25, 0.3) is 11.3 Å². The third-order valence-corrected chi connectivity index (χ3v) is 3.66. The van der Waals surface area contributed by atoms with Gasteiger partial charge in [-0.1, -0.05) is 30.3 Å². The van der Waals surface area contributed by atoms with E-state index in [4.69, 9.17) is 0 Å². The summed E-state index contributed by atoms with van der Waals surface area (Å²) in [5, 5.41) is 10.5. The van der Waals surface area contributed by atoms with Gasteiger partial charge in [0.15, 0.2) is 5.96 Å². The van der Waals surface area contributed by atoms with Crippen LogP contribution in [0.15, 0.2) is 47.8 Å². The van der Waals surface area contributed by atoms with Gasteiger partial charge in [0.25, 0.3) is 0 Å². The van der Waals surface area contributed by atoms with Gasteiger partial charge in [-0.15, -0.1) is 24.0 Å². The molecule has 3 rings (SSSR count). The molecule has 8 nitrogen and oxygen atoms in total. The van der Waals surface area contributed by atoms with Crippen molar-refractivity contribution in [2.75, 3.05) is 6.54 Å². The number of hydrogen-bond acceptors (Lipinski definition) is 4. The van der Waals surface area contributed by atoms with Gasteiger partial charge in [-0.05, 0) is 12.5 Å². The molecule has 3 aromatic rings. The standard InChI is InChI=1S/C17H22N8.HI/c1-3-18-17(21-11-16-22-12-23-25(16)2)20-10-15-19-9-14(24-15)13-7-5-4-6-8-13;/h4-9,12H,3,10-11H2,1-2H3,(H,19,24)(H2,18,20,21);1H. The number of rotatable bonds is 6. The van der Waals surface area contributed by atoms with Crippen LogP contribution in [0, 0.1) is 0 Å². The van der Waals surface area contributed by atoms with Crippen molar-refractivity contribution in [2.45, 2.75) is 20.0 Å². The number of aromatic amines is 1. The third-order valence-electron chi connectivity index (χ3n) is 3.66. The lowest BCUT2D eigenvalue weighted by Crippen LogP contribution is -2.37. The van der Waals surface area contributed by atoms with Gasteiger partial charge in [0, 0.05) is 13.6 Å². The summed E-state index contributed by atoms with van der Waals surface area (Å²) in [4.78, 5) is 16.5. The number of aromatic nitrogens is 5. The minimum atomic E-state index is 0. The highest BCUT2D eigenvalue weighted by atomic mass is 127. The molecular formula is C17H23IN8. The summed E-state index contributed by atoms with van der Waals surface area (Å²) in [5.74, 6) is 2.37. The van der Waals surface area contributed by atoms with E-state index >= 15 is 0 Å². The molecule has 0 unspecified atom stereocenters. The Kier molecular flexibility index (Phi) is 7.57. The molecule has 0 aliphatic carbocycles. The molecule has 138 valence electrons. The average molecular weight is 466 g/mol. The maximum atomic E-state index is 4.56. The predicted octanol–water partition coefficient (Wildman–Crippen LogP) is 2.08. The summed E-state index contributed by atoms with van der Waals surface area (Å²) in [5.41, 5.74) is 2.10. The second-order valence-electron chi connectivity index (χ2n) is 5.46. The number of aryl methyl sites for hydroxylation is 1. The summed E-state index contributed by atoms with van der Waals surface area (Å²) in [6.07, 6.45) is 3.37. The Hall–Kier alpha value is -2.43. The molecule has 0 aliphatic rings. The van der Waals surface area contributed by atoms with Crippen LogP contribution in [-0.2, 0) is 20.1 Å². The minimum absolute atomic E-state index is 0. The first-order valence-electron chi connectivity index (χ1n) is 8.20. The zero-order valence-corrected chi connectivity index (χ0v) is 17.1. The first kappa shape index (κ1) is 19.9. The third kappa shape index (κ3) is 5.28. The van der Waals surface area contributed by atoms with Crippen LogP contribution in [0.2, 0.25) is 0 Å². The monoisotopic (exact) mass is 466 g/mol. The van der Waals surface area contributed by atoms with Crippen molar-refractivity contribution >= 4 is 29.9 Å². The Balaban J connectivity index is 0.00000243. The van der Waals surface area contributed by atoms with Gasteiger partial charge in [-0.3, -0.25) is 4.68 Å². The molecule has 26 heavy (non-hydrogen) atoms. The Morgan fingerprint density at radius 3 is 2.69 bits per heavy atom. The Labute approximate surface area is 169 Å². The van der Waals surface area contributed by atoms with E-state index < -0.39 is 0 Å². The van der Waals surface area contributed by atoms with Crippen molar-refractivity contribution in [2.24, 2.45) is 12.0 Å². The maximum Gasteiger partial charge on any atom is 0.192 e. The van der Waals surface area contributed by atoms with Gasteiger partial charge < -0.3 is 15.6 Å². The molecule has 3 N–H and O–H groups in total. The Bertz CT molecular complexity index is 824. The second-order valence-corrected chi connectivity index (χ2v) is 5.46. The van der Waals surface area contributed by atoms with Crippen molar-refractivity contribution in [3.63, 3.8) is 0 Å². The molecule has 0 amide bonds. The molecule has 0 saturated heterocycles. The highest BCUT2D eigenvalue weighted by Gasteiger charge is 2.05. The smallest absolute Gasteiger partial charge is 0.192 e. The summed E-state index contributed by atoms with van der Waals surface area (Å²) >= 11 is 0. The van der Waals surface area contributed by atoms with Crippen LogP contribution in [0.1, 0.15) is 18.6 Å². The summed E-state index contributed by atoms with van der Waals surface area (Å²) in [7, 11) is 1.86. The first-order chi connectivity index (χ1) is 12.3. The van der Waals surface area contributed by atoms with Gasteiger partial charge in [0.1, 0.15) is 24.5 Å². The topological polar surface area (TPSA) is 95.8 Å². The highest BCUT2D eigenvalue weighted by Crippen LogP contribution is 2.16. The van der Waals surface area contributed by atoms with E-state index in [1.165, 1.54) is 6.33 Å². The van der Waals surface area contributed by atoms with Crippen LogP contribution in [-0.4, -0.2) is 37.2 Å². The first-order valence-corrected chi connectivity index (χ1v) is 8.20. The number of hydrogen-bond donors (Lipinski definition) is 3. The Morgan fingerprint density at radius 2 is 2.00 bits per heavy atom. The molecular weight excluding hydrogens is 443 g/mol. The molecule has 0 aliphatic heterocycles. The number of halogens is 1. The molecule has 2 aromatic heterocycles. The number of imidazole rings is 1. The van der Waals surface area contributed by atoms with Crippen molar-refractivity contribution < 1.29 is 0 Å². The molecule has 0 fully saturated rings. The summed E-state index contributed by atoms with van der Waals surface area (Å²) in [6.45, 7) is 3.81. The fourth-order valence-electron chi connectivity index (χ4n) is 2.35. The SMILES string of the molecule is CCNC(=NCc1ncc(-c2ccccc2)[nH]1)NCc1ncnn1C.I. The van der Waals surface area contributed by atoms with E-state index in [1.54, 1.807) is 4.68 Å². The normalized spacial score (nSPS) is 11.1. The van der Waals surface area contributed by atoms with E-state index in [2.05, 4.69) is 35.7 Å². The van der Waals surface area contributed by atoms with Crippen molar-refractivity contribution in [3.8, 4) is 11.3 Å². The van der Waals surface area contributed by atoms with Gasteiger partial charge >= 0.3 is 0 Å². The molecule has 0 spiro atoms. The van der Waals surface area contributed by atoms with Crippen LogP contribution in [0.5, 0.6) is 0 Å². The van der Waals surface area contributed by atoms with E-state index in [-0.39, 0.29) is 24.0 Å². The van der Waals surface area contributed by atoms with E-state index in [1.807, 2.05) is 50.5 Å². The van der Waals surface area contributed by atoms with Crippen molar-refractivity contribution in [3.05, 3.63) is 54.5 Å². The molecule has 1 aromatic carbocycles. The van der Waals surface area contributed by atoms with Crippen LogP contribution >= 0.6 is 24.0 Å². The predicted molar refractivity (Wildman–Crippen MR) is 112 cm³/mol. The van der Waals surface area contributed by atoms with E-state index in [9.17, 15) is 0 Å². The highest BCUT2D eigenvalue weighted by molar-refractivity contribution is 14.0. The molecule has 0 atom stereocenters. The zero-order chi connectivity index (χ0) is 17.5. The quantitative estimate of drug-likeness (QED) is 0.294. The molecule has 0 bridgehead atoms. The van der Waals surface area contributed by atoms with Gasteiger partial charge in [-0.25, -0.2) is 15.0 Å². The number of aliphatic imine (C=N–C) groups is 1.